The molecule has 0 saturated carbocycles. The largest absolute Gasteiger partial charge is 0.495 e. The highest BCUT2D eigenvalue weighted by Gasteiger charge is 2.07. The van der Waals surface area contributed by atoms with Gasteiger partial charge in [0, 0.05) is 0 Å². The van der Waals surface area contributed by atoms with Crippen LogP contribution < -0.4 is 4.74 Å². The van der Waals surface area contributed by atoms with Crippen molar-refractivity contribution in [2.24, 2.45) is 0 Å². The summed E-state index contributed by atoms with van der Waals surface area (Å²) in [7, 11) is 1.57. The lowest BCUT2D eigenvalue weighted by Gasteiger charge is -2.10. The molecule has 0 heterocycles. The average molecular weight is 201 g/mol. The zero-order chi connectivity index (χ0) is 9.84. The Labute approximate surface area is 83.1 Å². The molecule has 0 aliphatic carbocycles. The topological polar surface area (TPSA) is 29.5 Å². The second-order valence-electron chi connectivity index (χ2n) is 2.82. The Morgan fingerprint density at radius 3 is 2.69 bits per heavy atom. The van der Waals surface area contributed by atoms with E-state index in [1.165, 1.54) is 0 Å². The fraction of sp³-hybridized carbons (Fsp3) is 0.400. The first-order chi connectivity index (χ1) is 6.19. The Hall–Kier alpha value is -0.730. The van der Waals surface area contributed by atoms with E-state index in [2.05, 4.69) is 0 Å². The van der Waals surface area contributed by atoms with Crippen LogP contribution in [0.25, 0.3) is 0 Å². The van der Waals surface area contributed by atoms with Crippen molar-refractivity contribution >= 4 is 11.6 Å². The van der Waals surface area contributed by atoms with Crippen LogP contribution in [-0.4, -0.2) is 12.2 Å². The van der Waals surface area contributed by atoms with Crippen LogP contribution >= 0.6 is 11.6 Å². The minimum atomic E-state index is -0.441. The third-order valence-electron chi connectivity index (χ3n) is 1.95. The van der Waals surface area contributed by atoms with E-state index in [1.807, 2.05) is 13.0 Å². The summed E-state index contributed by atoms with van der Waals surface area (Å²) >= 11 is 5.89. The Bertz CT molecular complexity index is 286. The summed E-state index contributed by atoms with van der Waals surface area (Å²) in [6.45, 7) is 1.92. The molecule has 0 spiro atoms. The molecule has 0 bridgehead atoms. The van der Waals surface area contributed by atoms with Crippen molar-refractivity contribution in [1.82, 2.24) is 0 Å². The number of aliphatic hydroxyl groups excluding tert-OH is 1. The molecule has 0 aromatic heterocycles. The Morgan fingerprint density at radius 2 is 2.23 bits per heavy atom. The van der Waals surface area contributed by atoms with Gasteiger partial charge in [0.25, 0.3) is 0 Å². The second kappa shape index (κ2) is 4.49. The maximum atomic E-state index is 9.52. The number of ether oxygens (including phenoxy) is 1. The molecule has 0 fully saturated rings. The van der Waals surface area contributed by atoms with Gasteiger partial charge in [0.05, 0.1) is 18.2 Å². The minimum Gasteiger partial charge on any atom is -0.495 e. The van der Waals surface area contributed by atoms with Crippen molar-refractivity contribution in [2.75, 3.05) is 7.11 Å². The summed E-state index contributed by atoms with van der Waals surface area (Å²) in [4.78, 5) is 0. The molecular formula is C10H13ClO2. The monoisotopic (exact) mass is 200 g/mol. The SMILES string of the molecule is CCC(O)c1ccc(OC)c(Cl)c1. The molecule has 1 unspecified atom stereocenters. The van der Waals surface area contributed by atoms with Gasteiger partial charge >= 0.3 is 0 Å². The zero-order valence-corrected chi connectivity index (χ0v) is 8.51. The molecule has 1 N–H and O–H groups in total. The number of halogens is 1. The van der Waals surface area contributed by atoms with E-state index in [1.54, 1.807) is 19.2 Å². The van der Waals surface area contributed by atoms with Gasteiger partial charge in [-0.3, -0.25) is 0 Å². The number of rotatable bonds is 3. The fourth-order valence-electron chi connectivity index (χ4n) is 1.13. The molecule has 72 valence electrons. The van der Waals surface area contributed by atoms with Crippen molar-refractivity contribution in [3.63, 3.8) is 0 Å². The lowest BCUT2D eigenvalue weighted by atomic mass is 10.1. The van der Waals surface area contributed by atoms with Crippen LogP contribution in [0.5, 0.6) is 5.75 Å². The maximum absolute atomic E-state index is 9.52. The van der Waals surface area contributed by atoms with Crippen molar-refractivity contribution in [3.8, 4) is 5.75 Å². The molecule has 3 heteroatoms. The lowest BCUT2D eigenvalue weighted by Crippen LogP contribution is -1.95. The molecule has 1 aromatic rings. The van der Waals surface area contributed by atoms with Gasteiger partial charge in [-0.2, -0.15) is 0 Å². The molecular weight excluding hydrogens is 188 g/mol. The van der Waals surface area contributed by atoms with Gasteiger partial charge in [-0.1, -0.05) is 24.6 Å². The summed E-state index contributed by atoms with van der Waals surface area (Å²) in [6.07, 6.45) is 0.242. The van der Waals surface area contributed by atoms with Crippen LogP contribution in [0.3, 0.4) is 0 Å². The molecule has 2 nitrogen and oxygen atoms in total. The van der Waals surface area contributed by atoms with Crippen molar-refractivity contribution in [2.45, 2.75) is 19.4 Å². The van der Waals surface area contributed by atoms with Gasteiger partial charge in [0.2, 0.25) is 0 Å². The maximum Gasteiger partial charge on any atom is 0.137 e. The molecule has 0 amide bonds. The number of benzene rings is 1. The highest BCUT2D eigenvalue weighted by Crippen LogP contribution is 2.28. The minimum absolute atomic E-state index is 0.441. The van der Waals surface area contributed by atoms with E-state index in [-0.39, 0.29) is 0 Å². The van der Waals surface area contributed by atoms with Crippen molar-refractivity contribution in [1.29, 1.82) is 0 Å². The van der Waals surface area contributed by atoms with Gasteiger partial charge in [-0.15, -0.1) is 0 Å². The standard InChI is InChI=1S/C10H13ClO2/c1-3-9(12)7-4-5-10(13-2)8(11)6-7/h4-6,9,12H,3H2,1-2H3. The molecule has 13 heavy (non-hydrogen) atoms. The third-order valence-corrected chi connectivity index (χ3v) is 2.24. The highest BCUT2D eigenvalue weighted by atomic mass is 35.5. The van der Waals surface area contributed by atoms with Crippen LogP contribution in [0.15, 0.2) is 18.2 Å². The first kappa shape index (κ1) is 10.4. The summed E-state index contributed by atoms with van der Waals surface area (Å²) in [5, 5.41) is 10.1. The number of hydrogen-bond acceptors (Lipinski definition) is 2. The fourth-order valence-corrected chi connectivity index (χ4v) is 1.39. The predicted molar refractivity (Wildman–Crippen MR) is 53.3 cm³/mol. The molecule has 1 aromatic carbocycles. The Balaban J connectivity index is 2.95. The highest BCUT2D eigenvalue weighted by molar-refractivity contribution is 6.32. The smallest absolute Gasteiger partial charge is 0.137 e. The van der Waals surface area contributed by atoms with Crippen LogP contribution in [-0.2, 0) is 0 Å². The van der Waals surface area contributed by atoms with Gasteiger partial charge < -0.3 is 9.84 Å². The summed E-state index contributed by atoms with van der Waals surface area (Å²) < 4.78 is 5.00. The summed E-state index contributed by atoms with van der Waals surface area (Å²) in [5.41, 5.74) is 0.827. The molecule has 1 rings (SSSR count). The number of aliphatic hydroxyl groups is 1. The summed E-state index contributed by atoms with van der Waals surface area (Å²) in [5.74, 6) is 0.633. The first-order valence-electron chi connectivity index (χ1n) is 4.20. The third kappa shape index (κ3) is 2.36. The lowest BCUT2D eigenvalue weighted by molar-refractivity contribution is 0.173. The van der Waals surface area contributed by atoms with Crippen LogP contribution in [0, 0.1) is 0 Å². The van der Waals surface area contributed by atoms with Crippen molar-refractivity contribution in [3.05, 3.63) is 28.8 Å². The van der Waals surface area contributed by atoms with Crippen LogP contribution in [0.4, 0.5) is 0 Å². The van der Waals surface area contributed by atoms with Crippen molar-refractivity contribution < 1.29 is 9.84 Å². The predicted octanol–water partition coefficient (Wildman–Crippen LogP) is 2.79. The van der Waals surface area contributed by atoms with Gasteiger partial charge in [-0.05, 0) is 24.1 Å². The van der Waals surface area contributed by atoms with E-state index in [0.717, 1.165) is 5.56 Å². The molecule has 1 atom stereocenters. The average Bonchev–Trinajstić information content (AvgIpc) is 2.16. The second-order valence-corrected chi connectivity index (χ2v) is 3.23. The Morgan fingerprint density at radius 1 is 1.54 bits per heavy atom. The molecule has 0 saturated heterocycles. The van der Waals surface area contributed by atoms with Gasteiger partial charge in [0.15, 0.2) is 0 Å². The quantitative estimate of drug-likeness (QED) is 0.813. The summed E-state index contributed by atoms with van der Waals surface area (Å²) in [6, 6.07) is 5.31. The molecule has 0 aliphatic rings. The van der Waals surface area contributed by atoms with E-state index in [9.17, 15) is 5.11 Å². The number of methoxy groups -OCH3 is 1. The van der Waals surface area contributed by atoms with E-state index < -0.39 is 6.10 Å². The normalized spacial score (nSPS) is 12.6. The van der Waals surface area contributed by atoms with Gasteiger partial charge in [-0.25, -0.2) is 0 Å². The molecule has 0 radical (unpaired) electrons. The van der Waals surface area contributed by atoms with E-state index in [0.29, 0.717) is 17.2 Å². The Kier molecular flexibility index (Phi) is 3.58. The first-order valence-corrected chi connectivity index (χ1v) is 4.58. The van der Waals surface area contributed by atoms with Crippen LogP contribution in [0.2, 0.25) is 5.02 Å². The van der Waals surface area contributed by atoms with Crippen LogP contribution in [0.1, 0.15) is 25.0 Å². The van der Waals surface area contributed by atoms with E-state index >= 15 is 0 Å². The molecule has 0 aliphatic heterocycles. The number of hydrogen-bond donors (Lipinski definition) is 1. The van der Waals surface area contributed by atoms with E-state index in [4.69, 9.17) is 16.3 Å². The van der Waals surface area contributed by atoms with Gasteiger partial charge in [0.1, 0.15) is 5.75 Å². The zero-order valence-electron chi connectivity index (χ0n) is 7.75.